The molecule has 0 aliphatic rings. The predicted octanol–water partition coefficient (Wildman–Crippen LogP) is 4.41. The van der Waals surface area contributed by atoms with E-state index in [0.717, 1.165) is 11.1 Å². The summed E-state index contributed by atoms with van der Waals surface area (Å²) in [7, 11) is 1.81. The quantitative estimate of drug-likeness (QED) is 0.407. The van der Waals surface area contributed by atoms with Gasteiger partial charge in [0.1, 0.15) is 11.6 Å². The monoisotopic (exact) mass is 400 g/mol. The number of hydrogen-bond donors (Lipinski definition) is 1. The van der Waals surface area contributed by atoms with E-state index < -0.39 is 0 Å². The maximum Gasteiger partial charge on any atom is 0.279 e. The summed E-state index contributed by atoms with van der Waals surface area (Å²) in [5.74, 6) is 0.838. The largest absolute Gasteiger partial charge is 0.312 e. The van der Waals surface area contributed by atoms with Crippen molar-refractivity contribution in [1.29, 1.82) is 0 Å². The van der Waals surface area contributed by atoms with Crippen molar-refractivity contribution in [3.63, 3.8) is 0 Å². The van der Waals surface area contributed by atoms with E-state index in [2.05, 4.69) is 15.0 Å². The van der Waals surface area contributed by atoms with Crippen molar-refractivity contribution >= 4 is 34.5 Å². The number of aromatic nitrogens is 4. The Morgan fingerprint density at radius 3 is 2.70 bits per heavy atom. The van der Waals surface area contributed by atoms with Crippen LogP contribution in [-0.2, 0) is 12.8 Å². The number of thioether (sulfide) groups is 1. The first-order chi connectivity index (χ1) is 13.0. The number of rotatable bonds is 4. The maximum absolute atomic E-state index is 13.3. The molecule has 0 unspecified atom stereocenters. The Morgan fingerprint density at radius 1 is 1.19 bits per heavy atom. The highest BCUT2D eigenvalue weighted by Crippen LogP contribution is 2.25. The van der Waals surface area contributed by atoms with Gasteiger partial charge in [-0.2, -0.15) is 0 Å². The van der Waals surface area contributed by atoms with Gasteiger partial charge in [-0.05, 0) is 42.0 Å². The molecule has 0 saturated heterocycles. The minimum absolute atomic E-state index is 0.276. The molecular formula is C19H14ClFN4OS. The normalized spacial score (nSPS) is 11.2. The second-order valence-corrected chi connectivity index (χ2v) is 7.36. The third kappa shape index (κ3) is 3.61. The second kappa shape index (κ2) is 7.17. The van der Waals surface area contributed by atoms with Gasteiger partial charge in [-0.15, -0.1) is 0 Å². The summed E-state index contributed by atoms with van der Waals surface area (Å²) < 4.78 is 15.1. The SMILES string of the molecule is Cn1c(-c2ccc(Cl)cc2)nc2c(=O)[nH]c(SCc3cccc(F)c3)nc21. The highest BCUT2D eigenvalue weighted by Gasteiger charge is 2.15. The third-order valence-electron chi connectivity index (χ3n) is 4.07. The summed E-state index contributed by atoms with van der Waals surface area (Å²) >= 11 is 7.27. The van der Waals surface area contributed by atoms with E-state index >= 15 is 0 Å². The zero-order valence-electron chi connectivity index (χ0n) is 14.2. The molecule has 0 aliphatic carbocycles. The van der Waals surface area contributed by atoms with Crippen LogP contribution in [-0.4, -0.2) is 19.5 Å². The molecule has 0 amide bonds. The van der Waals surface area contributed by atoms with E-state index in [-0.39, 0.29) is 16.9 Å². The van der Waals surface area contributed by atoms with Gasteiger partial charge in [0.05, 0.1) is 0 Å². The molecule has 2 aromatic heterocycles. The molecule has 0 spiro atoms. The fourth-order valence-corrected chi connectivity index (χ4v) is 3.68. The number of nitrogens with zero attached hydrogens (tertiary/aromatic N) is 3. The van der Waals surface area contributed by atoms with Crippen LogP contribution in [0.5, 0.6) is 0 Å². The van der Waals surface area contributed by atoms with Gasteiger partial charge in [-0.3, -0.25) is 9.78 Å². The minimum atomic E-state index is -0.308. The molecule has 2 aromatic carbocycles. The number of hydrogen-bond acceptors (Lipinski definition) is 4. The van der Waals surface area contributed by atoms with Crippen LogP contribution in [0.1, 0.15) is 5.56 Å². The maximum atomic E-state index is 13.3. The standard InChI is InChI=1S/C19H14ClFN4OS/c1-25-16(12-5-7-13(20)8-6-12)22-15-17(25)23-19(24-18(15)26)27-10-11-3-2-4-14(21)9-11/h2-9H,10H2,1H3,(H,23,24,26). The fourth-order valence-electron chi connectivity index (χ4n) is 2.75. The summed E-state index contributed by atoms with van der Waals surface area (Å²) in [6.07, 6.45) is 0. The molecule has 0 fully saturated rings. The van der Waals surface area contributed by atoms with E-state index in [9.17, 15) is 9.18 Å². The average molecular weight is 401 g/mol. The van der Waals surface area contributed by atoms with Gasteiger partial charge in [-0.25, -0.2) is 14.4 Å². The number of fused-ring (bicyclic) bond motifs is 1. The molecule has 4 aromatic rings. The Morgan fingerprint density at radius 2 is 1.96 bits per heavy atom. The number of aryl methyl sites for hydroxylation is 1. The first-order valence-electron chi connectivity index (χ1n) is 8.11. The number of aromatic amines is 1. The van der Waals surface area contributed by atoms with Gasteiger partial charge in [-0.1, -0.05) is 35.5 Å². The topological polar surface area (TPSA) is 63.6 Å². The van der Waals surface area contributed by atoms with E-state index in [1.54, 1.807) is 22.8 Å². The minimum Gasteiger partial charge on any atom is -0.312 e. The first kappa shape index (κ1) is 17.8. The Labute approximate surface area is 163 Å². The molecule has 0 saturated carbocycles. The number of nitrogens with one attached hydrogen (secondary N) is 1. The van der Waals surface area contributed by atoms with Gasteiger partial charge in [0.2, 0.25) is 0 Å². The molecule has 2 heterocycles. The van der Waals surface area contributed by atoms with Crippen LogP contribution in [0.3, 0.4) is 0 Å². The van der Waals surface area contributed by atoms with Gasteiger partial charge in [0.25, 0.3) is 5.56 Å². The van der Waals surface area contributed by atoms with E-state index in [1.807, 2.05) is 25.2 Å². The fraction of sp³-hybridized carbons (Fsp3) is 0.105. The second-order valence-electron chi connectivity index (χ2n) is 5.96. The van der Waals surface area contributed by atoms with Crippen LogP contribution in [0, 0.1) is 5.82 Å². The van der Waals surface area contributed by atoms with Crippen LogP contribution < -0.4 is 5.56 Å². The van der Waals surface area contributed by atoms with E-state index in [4.69, 9.17) is 11.6 Å². The van der Waals surface area contributed by atoms with E-state index in [0.29, 0.717) is 27.4 Å². The summed E-state index contributed by atoms with van der Waals surface area (Å²) in [4.78, 5) is 24.2. The zero-order chi connectivity index (χ0) is 19.0. The number of benzene rings is 2. The van der Waals surface area contributed by atoms with Gasteiger partial charge < -0.3 is 4.57 Å². The zero-order valence-corrected chi connectivity index (χ0v) is 15.8. The van der Waals surface area contributed by atoms with Gasteiger partial charge >= 0.3 is 0 Å². The Kier molecular flexibility index (Phi) is 4.72. The first-order valence-corrected chi connectivity index (χ1v) is 9.47. The van der Waals surface area contributed by atoms with Crippen molar-refractivity contribution in [3.8, 4) is 11.4 Å². The van der Waals surface area contributed by atoms with Gasteiger partial charge in [0, 0.05) is 23.4 Å². The molecule has 5 nitrogen and oxygen atoms in total. The van der Waals surface area contributed by atoms with Crippen molar-refractivity contribution in [2.75, 3.05) is 0 Å². The summed E-state index contributed by atoms with van der Waals surface area (Å²) in [6, 6.07) is 13.6. The number of H-pyrrole nitrogens is 1. The Balaban J connectivity index is 1.69. The summed E-state index contributed by atoms with van der Waals surface area (Å²) in [6.45, 7) is 0. The van der Waals surface area contributed by atoms with Gasteiger partial charge in [0.15, 0.2) is 16.3 Å². The Bertz CT molecular complexity index is 1190. The van der Waals surface area contributed by atoms with Crippen LogP contribution in [0.25, 0.3) is 22.6 Å². The van der Waals surface area contributed by atoms with Crippen LogP contribution in [0.4, 0.5) is 4.39 Å². The smallest absolute Gasteiger partial charge is 0.279 e. The molecule has 27 heavy (non-hydrogen) atoms. The molecule has 1 N–H and O–H groups in total. The predicted molar refractivity (Wildman–Crippen MR) is 106 cm³/mol. The molecule has 136 valence electrons. The van der Waals surface area contributed by atoms with Crippen molar-refractivity contribution < 1.29 is 4.39 Å². The molecule has 4 rings (SSSR count). The molecule has 0 atom stereocenters. The van der Waals surface area contributed by atoms with Crippen molar-refractivity contribution in [3.05, 3.63) is 75.3 Å². The van der Waals surface area contributed by atoms with E-state index in [1.165, 1.54) is 23.9 Å². The third-order valence-corrected chi connectivity index (χ3v) is 5.27. The lowest BCUT2D eigenvalue weighted by Crippen LogP contribution is -2.10. The lowest BCUT2D eigenvalue weighted by molar-refractivity contribution is 0.626. The highest BCUT2D eigenvalue weighted by molar-refractivity contribution is 7.98. The molecule has 0 radical (unpaired) electrons. The molecule has 0 aliphatic heterocycles. The molecule has 8 heteroatoms. The lowest BCUT2D eigenvalue weighted by atomic mass is 10.2. The van der Waals surface area contributed by atoms with Crippen LogP contribution in [0.2, 0.25) is 5.02 Å². The number of imidazole rings is 1. The van der Waals surface area contributed by atoms with Crippen molar-refractivity contribution in [2.45, 2.75) is 10.9 Å². The average Bonchev–Trinajstić information content (AvgIpc) is 2.98. The van der Waals surface area contributed by atoms with Crippen molar-refractivity contribution in [1.82, 2.24) is 19.5 Å². The van der Waals surface area contributed by atoms with Crippen LogP contribution >= 0.6 is 23.4 Å². The summed E-state index contributed by atoms with van der Waals surface area (Å²) in [5, 5.41) is 1.09. The van der Waals surface area contributed by atoms with Crippen LogP contribution in [0.15, 0.2) is 58.5 Å². The summed E-state index contributed by atoms with van der Waals surface area (Å²) in [5.41, 5.74) is 2.11. The Hall–Kier alpha value is -2.64. The number of halogens is 2. The van der Waals surface area contributed by atoms with Crippen molar-refractivity contribution in [2.24, 2.45) is 7.05 Å². The molecule has 0 bridgehead atoms. The lowest BCUT2D eigenvalue weighted by Gasteiger charge is -2.04. The highest BCUT2D eigenvalue weighted by atomic mass is 35.5. The molecular weight excluding hydrogens is 387 g/mol.